The van der Waals surface area contributed by atoms with Gasteiger partial charge in [-0.15, -0.1) is 0 Å². The molecule has 0 spiro atoms. The summed E-state index contributed by atoms with van der Waals surface area (Å²) < 4.78 is 4.95. The Labute approximate surface area is 102 Å². The van der Waals surface area contributed by atoms with E-state index >= 15 is 0 Å². The molecule has 0 aromatic carbocycles. The Hall–Kier alpha value is -1.62. The molecule has 0 saturated carbocycles. The second-order valence-corrected chi connectivity index (χ2v) is 3.79. The van der Waals surface area contributed by atoms with E-state index in [1.807, 2.05) is 13.8 Å². The maximum absolute atomic E-state index is 11.8. The topological polar surface area (TPSA) is 63.2 Å². The zero-order chi connectivity index (χ0) is 12.7. The summed E-state index contributed by atoms with van der Waals surface area (Å²) in [6.07, 6.45) is 1.56. The van der Waals surface area contributed by atoms with Crippen LogP contribution in [0.5, 0.6) is 0 Å². The third-order valence-corrected chi connectivity index (χ3v) is 2.18. The number of aromatic nitrogens is 1. The van der Waals surface area contributed by atoms with Crippen molar-refractivity contribution in [3.63, 3.8) is 0 Å². The van der Waals surface area contributed by atoms with Gasteiger partial charge in [0.1, 0.15) is 5.82 Å². The zero-order valence-electron chi connectivity index (χ0n) is 10.5. The van der Waals surface area contributed by atoms with Crippen LogP contribution in [0.15, 0.2) is 18.3 Å². The van der Waals surface area contributed by atoms with E-state index in [2.05, 4.69) is 15.6 Å². The van der Waals surface area contributed by atoms with Crippen LogP contribution >= 0.6 is 0 Å². The molecule has 0 bridgehead atoms. The fourth-order valence-corrected chi connectivity index (χ4v) is 1.41. The van der Waals surface area contributed by atoms with Gasteiger partial charge in [-0.3, -0.25) is 4.79 Å². The third kappa shape index (κ3) is 4.40. The molecule has 1 amide bonds. The standard InChI is InChI=1S/C12H19N3O2/c1-4-13-11-6-5-10(7-14-11)12(16)15-9(2)8-17-3/h5-7,9H,4,8H2,1-3H3,(H,13,14)(H,15,16). The lowest BCUT2D eigenvalue weighted by Gasteiger charge is -2.12. The van der Waals surface area contributed by atoms with Crippen LogP contribution in [0, 0.1) is 0 Å². The number of hydrogen-bond donors (Lipinski definition) is 2. The maximum Gasteiger partial charge on any atom is 0.253 e. The van der Waals surface area contributed by atoms with E-state index in [-0.39, 0.29) is 11.9 Å². The molecule has 1 aromatic rings. The second-order valence-electron chi connectivity index (χ2n) is 3.79. The second kappa shape index (κ2) is 6.85. The predicted molar refractivity (Wildman–Crippen MR) is 67.2 cm³/mol. The number of hydrogen-bond acceptors (Lipinski definition) is 4. The highest BCUT2D eigenvalue weighted by molar-refractivity contribution is 5.94. The van der Waals surface area contributed by atoms with Crippen molar-refractivity contribution >= 4 is 11.7 Å². The van der Waals surface area contributed by atoms with E-state index in [9.17, 15) is 4.79 Å². The van der Waals surface area contributed by atoms with Gasteiger partial charge in [0.25, 0.3) is 5.91 Å². The summed E-state index contributed by atoms with van der Waals surface area (Å²) in [4.78, 5) is 15.9. The molecule has 5 nitrogen and oxygen atoms in total. The SMILES string of the molecule is CCNc1ccc(C(=O)NC(C)COC)cn1. The van der Waals surface area contributed by atoms with Gasteiger partial charge in [-0.05, 0) is 26.0 Å². The zero-order valence-corrected chi connectivity index (χ0v) is 10.5. The molecule has 1 atom stereocenters. The van der Waals surface area contributed by atoms with E-state index in [0.717, 1.165) is 12.4 Å². The molecule has 94 valence electrons. The Morgan fingerprint density at radius 3 is 2.82 bits per heavy atom. The number of amides is 1. The van der Waals surface area contributed by atoms with E-state index in [0.29, 0.717) is 12.2 Å². The highest BCUT2D eigenvalue weighted by atomic mass is 16.5. The smallest absolute Gasteiger partial charge is 0.253 e. The van der Waals surface area contributed by atoms with Crippen molar-refractivity contribution in [2.24, 2.45) is 0 Å². The molecular formula is C12H19N3O2. The molecule has 0 fully saturated rings. The normalized spacial score (nSPS) is 11.9. The highest BCUT2D eigenvalue weighted by Crippen LogP contribution is 2.04. The van der Waals surface area contributed by atoms with Crippen molar-refractivity contribution in [1.29, 1.82) is 0 Å². The number of carbonyl (C=O) groups is 1. The van der Waals surface area contributed by atoms with E-state index in [4.69, 9.17) is 4.74 Å². The molecule has 1 heterocycles. The first-order valence-electron chi connectivity index (χ1n) is 5.67. The fraction of sp³-hybridized carbons (Fsp3) is 0.500. The molecule has 0 saturated heterocycles. The molecule has 0 aliphatic heterocycles. The molecule has 0 aliphatic rings. The number of pyridine rings is 1. The molecule has 1 aromatic heterocycles. The van der Waals surface area contributed by atoms with Gasteiger partial charge in [0, 0.05) is 25.9 Å². The largest absolute Gasteiger partial charge is 0.383 e. The number of nitrogens with zero attached hydrogens (tertiary/aromatic N) is 1. The molecule has 1 unspecified atom stereocenters. The minimum absolute atomic E-state index is 0.0130. The molecule has 0 aliphatic carbocycles. The molecular weight excluding hydrogens is 218 g/mol. The fourth-order valence-electron chi connectivity index (χ4n) is 1.41. The van der Waals surface area contributed by atoms with Crippen LogP contribution in [0.3, 0.4) is 0 Å². The van der Waals surface area contributed by atoms with E-state index in [1.54, 1.807) is 25.4 Å². The minimum atomic E-state index is -0.134. The van der Waals surface area contributed by atoms with Gasteiger partial charge in [0.15, 0.2) is 0 Å². The molecule has 5 heteroatoms. The Morgan fingerprint density at radius 2 is 2.29 bits per heavy atom. The summed E-state index contributed by atoms with van der Waals surface area (Å²) >= 11 is 0. The lowest BCUT2D eigenvalue weighted by Crippen LogP contribution is -2.35. The Morgan fingerprint density at radius 1 is 1.53 bits per heavy atom. The van der Waals surface area contributed by atoms with Crippen molar-refractivity contribution < 1.29 is 9.53 Å². The average Bonchev–Trinajstić information content (AvgIpc) is 2.30. The van der Waals surface area contributed by atoms with Crippen molar-refractivity contribution in [3.8, 4) is 0 Å². The van der Waals surface area contributed by atoms with E-state index in [1.165, 1.54) is 0 Å². The van der Waals surface area contributed by atoms with Gasteiger partial charge in [0.2, 0.25) is 0 Å². The van der Waals surface area contributed by atoms with Crippen LogP contribution in [0.1, 0.15) is 24.2 Å². The van der Waals surface area contributed by atoms with Gasteiger partial charge in [-0.25, -0.2) is 4.98 Å². The van der Waals surface area contributed by atoms with Crippen LogP contribution < -0.4 is 10.6 Å². The first kappa shape index (κ1) is 13.4. The number of carbonyl (C=O) groups excluding carboxylic acids is 1. The highest BCUT2D eigenvalue weighted by Gasteiger charge is 2.09. The van der Waals surface area contributed by atoms with Gasteiger partial charge < -0.3 is 15.4 Å². The predicted octanol–water partition coefficient (Wildman–Crippen LogP) is 1.28. The summed E-state index contributed by atoms with van der Waals surface area (Å²) in [5.74, 6) is 0.638. The maximum atomic E-state index is 11.8. The van der Waals surface area contributed by atoms with Gasteiger partial charge in [0.05, 0.1) is 12.2 Å². The first-order chi connectivity index (χ1) is 8.17. The lowest BCUT2D eigenvalue weighted by molar-refractivity contribution is 0.0905. The minimum Gasteiger partial charge on any atom is -0.383 e. The lowest BCUT2D eigenvalue weighted by atomic mass is 10.2. The first-order valence-corrected chi connectivity index (χ1v) is 5.67. The van der Waals surface area contributed by atoms with Crippen LogP contribution in [0.2, 0.25) is 0 Å². The van der Waals surface area contributed by atoms with Gasteiger partial charge in [-0.1, -0.05) is 0 Å². The van der Waals surface area contributed by atoms with Crippen LogP contribution in [-0.4, -0.2) is 37.2 Å². The van der Waals surface area contributed by atoms with Crippen LogP contribution in [0.25, 0.3) is 0 Å². The summed E-state index contributed by atoms with van der Waals surface area (Å²) in [5.41, 5.74) is 0.551. The van der Waals surface area contributed by atoms with Gasteiger partial charge in [-0.2, -0.15) is 0 Å². The molecule has 17 heavy (non-hydrogen) atoms. The number of ether oxygens (including phenoxy) is 1. The Balaban J connectivity index is 2.57. The summed E-state index contributed by atoms with van der Waals surface area (Å²) in [5, 5.41) is 5.90. The van der Waals surface area contributed by atoms with Crippen molar-refractivity contribution in [1.82, 2.24) is 10.3 Å². The van der Waals surface area contributed by atoms with Crippen LogP contribution in [-0.2, 0) is 4.74 Å². The quantitative estimate of drug-likeness (QED) is 0.782. The molecule has 1 rings (SSSR count). The monoisotopic (exact) mass is 237 g/mol. The summed E-state index contributed by atoms with van der Waals surface area (Å²) in [6.45, 7) is 5.19. The summed E-state index contributed by atoms with van der Waals surface area (Å²) in [7, 11) is 1.61. The van der Waals surface area contributed by atoms with Crippen LogP contribution in [0.4, 0.5) is 5.82 Å². The number of nitrogens with one attached hydrogen (secondary N) is 2. The number of anilines is 1. The van der Waals surface area contributed by atoms with Gasteiger partial charge >= 0.3 is 0 Å². The Kier molecular flexibility index (Phi) is 5.42. The van der Waals surface area contributed by atoms with Crippen molar-refractivity contribution in [3.05, 3.63) is 23.9 Å². The van der Waals surface area contributed by atoms with Crippen molar-refractivity contribution in [2.45, 2.75) is 19.9 Å². The van der Waals surface area contributed by atoms with E-state index < -0.39 is 0 Å². The molecule has 0 radical (unpaired) electrons. The average molecular weight is 237 g/mol. The molecule has 2 N–H and O–H groups in total. The van der Waals surface area contributed by atoms with Crippen molar-refractivity contribution in [2.75, 3.05) is 25.6 Å². The Bertz CT molecular complexity index is 351. The third-order valence-electron chi connectivity index (χ3n) is 2.18. The summed E-state index contributed by atoms with van der Waals surface area (Å²) in [6, 6.07) is 3.53. The number of methoxy groups -OCH3 is 1. The number of rotatable bonds is 6.